The third-order valence-corrected chi connectivity index (χ3v) is 5.73. The summed E-state index contributed by atoms with van der Waals surface area (Å²) in [6, 6.07) is 13.1. The van der Waals surface area contributed by atoms with E-state index in [-0.39, 0.29) is 24.5 Å². The number of hydrogen-bond acceptors (Lipinski definition) is 5. The van der Waals surface area contributed by atoms with Crippen LogP contribution >= 0.6 is 0 Å². The number of rotatable bonds is 6. The van der Waals surface area contributed by atoms with Crippen LogP contribution in [0.25, 0.3) is 0 Å². The molecule has 4 rings (SSSR count). The van der Waals surface area contributed by atoms with E-state index in [2.05, 4.69) is 10.3 Å². The Morgan fingerprint density at radius 1 is 1.20 bits per heavy atom. The van der Waals surface area contributed by atoms with Gasteiger partial charge in [0.2, 0.25) is 5.88 Å². The number of carboxylic acid groups (broad SMARTS) is 1. The molecule has 1 aromatic carbocycles. The number of fused-ring (bicyclic) bond motifs is 1. The summed E-state index contributed by atoms with van der Waals surface area (Å²) in [6.07, 6.45) is 0.252. The number of amides is 2. The number of piperidine rings is 1. The van der Waals surface area contributed by atoms with Gasteiger partial charge in [-0.3, -0.25) is 0 Å². The molecule has 158 valence electrons. The number of nitrogens with zero attached hydrogens (tertiary/aromatic N) is 2. The molecule has 2 aromatic rings. The lowest BCUT2D eigenvalue weighted by molar-refractivity contribution is 0.129. The van der Waals surface area contributed by atoms with Crippen LogP contribution in [0.1, 0.15) is 25.0 Å². The van der Waals surface area contributed by atoms with Crippen LogP contribution in [0.2, 0.25) is 0 Å². The largest absolute Gasteiger partial charge is 0.474 e. The molecule has 1 saturated heterocycles. The maximum Gasteiger partial charge on any atom is 0.408 e. The average Bonchev–Trinajstić information content (AvgIpc) is 3.15. The van der Waals surface area contributed by atoms with Crippen molar-refractivity contribution in [2.24, 2.45) is 11.8 Å². The number of hydrogen-bond donors (Lipinski definition) is 2. The number of ether oxygens (including phenoxy) is 2. The van der Waals surface area contributed by atoms with Crippen LogP contribution in [-0.4, -0.2) is 46.4 Å². The lowest BCUT2D eigenvalue weighted by Crippen LogP contribution is -2.41. The second kappa shape index (κ2) is 7.85. The number of alkyl carbamates (subject to hydrolysis) is 1. The van der Waals surface area contributed by atoms with Gasteiger partial charge < -0.3 is 24.8 Å². The summed E-state index contributed by atoms with van der Waals surface area (Å²) in [5, 5.41) is 11.9. The molecular formula is C22H25N3O5. The highest BCUT2D eigenvalue weighted by atomic mass is 16.5. The summed E-state index contributed by atoms with van der Waals surface area (Å²) in [6.45, 7) is 4.97. The zero-order chi connectivity index (χ0) is 21.3. The zero-order valence-electron chi connectivity index (χ0n) is 16.9. The van der Waals surface area contributed by atoms with Gasteiger partial charge in [-0.15, -0.1) is 0 Å². The highest BCUT2D eigenvalue weighted by Crippen LogP contribution is 2.47. The van der Waals surface area contributed by atoms with Crippen molar-refractivity contribution in [3.63, 3.8) is 0 Å². The van der Waals surface area contributed by atoms with Crippen molar-refractivity contribution in [2.75, 3.05) is 13.1 Å². The molecule has 30 heavy (non-hydrogen) atoms. The van der Waals surface area contributed by atoms with Crippen LogP contribution in [0.4, 0.5) is 9.59 Å². The normalized spacial score (nSPS) is 22.2. The number of carbonyl (C=O) groups is 2. The minimum atomic E-state index is -0.881. The number of carbonyl (C=O) groups excluding carboxylic acids is 1. The SMILES string of the molecule is CC(C)(NC(=O)OCc1ccccc1)c1ccnc(OC2[C@H]3CN(C(=O)O)C[C@@H]23)c1. The summed E-state index contributed by atoms with van der Waals surface area (Å²) >= 11 is 0. The number of pyridine rings is 1. The van der Waals surface area contributed by atoms with Gasteiger partial charge in [0.05, 0.1) is 5.54 Å². The molecule has 1 aliphatic heterocycles. The quantitative estimate of drug-likeness (QED) is 0.757. The van der Waals surface area contributed by atoms with E-state index in [1.807, 2.05) is 50.2 Å². The van der Waals surface area contributed by atoms with Crippen molar-refractivity contribution in [1.29, 1.82) is 0 Å². The highest BCUT2D eigenvalue weighted by Gasteiger charge is 2.59. The molecule has 1 saturated carbocycles. The minimum Gasteiger partial charge on any atom is -0.474 e. The molecule has 2 aliphatic rings. The molecule has 8 nitrogen and oxygen atoms in total. The van der Waals surface area contributed by atoms with E-state index >= 15 is 0 Å². The number of likely N-dealkylation sites (tertiary alicyclic amines) is 1. The van der Waals surface area contributed by atoms with Gasteiger partial charge in [0.1, 0.15) is 12.7 Å². The predicted octanol–water partition coefficient (Wildman–Crippen LogP) is 3.23. The van der Waals surface area contributed by atoms with Crippen molar-refractivity contribution < 1.29 is 24.2 Å². The summed E-state index contributed by atoms with van der Waals surface area (Å²) < 4.78 is 11.3. The van der Waals surface area contributed by atoms with Crippen LogP contribution < -0.4 is 10.1 Å². The Labute approximate surface area is 174 Å². The van der Waals surface area contributed by atoms with Crippen molar-refractivity contribution in [3.05, 3.63) is 59.8 Å². The van der Waals surface area contributed by atoms with Crippen LogP contribution in [0, 0.1) is 11.8 Å². The fraction of sp³-hybridized carbons (Fsp3) is 0.409. The van der Waals surface area contributed by atoms with Gasteiger partial charge in [-0.1, -0.05) is 30.3 Å². The summed E-state index contributed by atoms with van der Waals surface area (Å²) in [5.74, 6) is 0.928. The Kier molecular flexibility index (Phi) is 5.24. The maximum atomic E-state index is 12.3. The van der Waals surface area contributed by atoms with Crippen molar-refractivity contribution >= 4 is 12.2 Å². The third kappa shape index (κ3) is 4.32. The van der Waals surface area contributed by atoms with Crippen LogP contribution in [0.5, 0.6) is 5.88 Å². The molecule has 2 N–H and O–H groups in total. The van der Waals surface area contributed by atoms with Gasteiger partial charge in [0.25, 0.3) is 0 Å². The highest BCUT2D eigenvalue weighted by molar-refractivity contribution is 5.68. The van der Waals surface area contributed by atoms with E-state index in [9.17, 15) is 9.59 Å². The summed E-state index contributed by atoms with van der Waals surface area (Å²) in [7, 11) is 0. The first-order valence-electron chi connectivity index (χ1n) is 9.93. The number of nitrogens with one attached hydrogen (secondary N) is 1. The zero-order valence-corrected chi connectivity index (χ0v) is 16.9. The topological polar surface area (TPSA) is 101 Å². The lowest BCUT2D eigenvalue weighted by atomic mass is 9.95. The van der Waals surface area contributed by atoms with Crippen molar-refractivity contribution in [2.45, 2.75) is 32.1 Å². The standard InChI is InChI=1S/C22H25N3O5/c1-22(2,24-20(26)29-13-14-6-4-3-5-7-14)15-8-9-23-18(10-15)30-19-16-11-25(21(27)28)12-17(16)19/h3-10,16-17,19H,11-13H2,1-2H3,(H,24,26)(H,27,28)/t16-,17+,19?. The first kappa shape index (κ1) is 20.0. The molecular weight excluding hydrogens is 386 g/mol. The van der Waals surface area contributed by atoms with Gasteiger partial charge in [0.15, 0.2) is 0 Å². The monoisotopic (exact) mass is 411 g/mol. The van der Waals surface area contributed by atoms with E-state index in [1.165, 1.54) is 4.90 Å². The minimum absolute atomic E-state index is 0.00439. The van der Waals surface area contributed by atoms with Gasteiger partial charge in [-0.05, 0) is 31.0 Å². The molecule has 8 heteroatoms. The van der Waals surface area contributed by atoms with Crippen LogP contribution in [-0.2, 0) is 16.9 Å². The smallest absolute Gasteiger partial charge is 0.408 e. The molecule has 1 unspecified atom stereocenters. The predicted molar refractivity (Wildman–Crippen MR) is 108 cm³/mol. The van der Waals surface area contributed by atoms with Crippen molar-refractivity contribution in [1.82, 2.24) is 15.2 Å². The van der Waals surface area contributed by atoms with Crippen molar-refractivity contribution in [3.8, 4) is 5.88 Å². The van der Waals surface area contributed by atoms with E-state index in [4.69, 9.17) is 14.6 Å². The van der Waals surface area contributed by atoms with E-state index < -0.39 is 17.7 Å². The van der Waals surface area contributed by atoms with E-state index in [1.54, 1.807) is 12.3 Å². The summed E-state index contributed by atoms with van der Waals surface area (Å²) in [4.78, 5) is 29.0. The Morgan fingerprint density at radius 3 is 2.57 bits per heavy atom. The second-order valence-electron chi connectivity index (χ2n) is 8.29. The fourth-order valence-electron chi connectivity index (χ4n) is 3.89. The maximum absolute atomic E-state index is 12.3. The summed E-state index contributed by atoms with van der Waals surface area (Å²) in [5.41, 5.74) is 1.07. The molecule has 0 bridgehead atoms. The van der Waals surface area contributed by atoms with E-state index in [0.717, 1.165) is 11.1 Å². The molecule has 1 aromatic heterocycles. The molecule has 2 fully saturated rings. The molecule has 1 aliphatic carbocycles. The fourth-order valence-corrected chi connectivity index (χ4v) is 3.89. The van der Waals surface area contributed by atoms with Gasteiger partial charge in [-0.25, -0.2) is 14.6 Å². The Morgan fingerprint density at radius 2 is 1.90 bits per heavy atom. The molecule has 3 atom stereocenters. The Hall–Kier alpha value is -3.29. The average molecular weight is 411 g/mol. The lowest BCUT2D eigenvalue weighted by Gasteiger charge is -2.26. The molecule has 2 heterocycles. The molecule has 0 spiro atoms. The Bertz CT molecular complexity index is 921. The molecule has 2 amide bonds. The first-order valence-corrected chi connectivity index (χ1v) is 9.93. The van der Waals surface area contributed by atoms with Gasteiger partial charge in [-0.2, -0.15) is 0 Å². The Balaban J connectivity index is 1.32. The van der Waals surface area contributed by atoms with Gasteiger partial charge in [0, 0.05) is 37.2 Å². The third-order valence-electron chi connectivity index (χ3n) is 5.73. The van der Waals surface area contributed by atoms with E-state index in [0.29, 0.717) is 19.0 Å². The number of benzene rings is 1. The first-order chi connectivity index (χ1) is 14.3. The number of aromatic nitrogens is 1. The van der Waals surface area contributed by atoms with Crippen LogP contribution in [0.3, 0.4) is 0 Å². The second-order valence-corrected chi connectivity index (χ2v) is 8.29. The molecule has 0 radical (unpaired) electrons. The van der Waals surface area contributed by atoms with Crippen LogP contribution in [0.15, 0.2) is 48.7 Å². The van der Waals surface area contributed by atoms with Gasteiger partial charge >= 0.3 is 12.2 Å².